The van der Waals surface area contributed by atoms with Crippen molar-refractivity contribution in [1.82, 2.24) is 0 Å². The maximum absolute atomic E-state index is 10.8. The number of hydrogen-bond acceptors (Lipinski definition) is 3. The lowest BCUT2D eigenvalue weighted by Crippen LogP contribution is -2.26. The molecule has 1 aromatic rings. The average Bonchev–Trinajstić information content (AvgIpc) is 2.17. The van der Waals surface area contributed by atoms with Crippen LogP contribution in [0.25, 0.3) is 0 Å². The van der Waals surface area contributed by atoms with Crippen molar-refractivity contribution in [1.29, 1.82) is 0 Å². The zero-order chi connectivity index (χ0) is 11.3. The van der Waals surface area contributed by atoms with E-state index in [0.29, 0.717) is 18.7 Å². The van der Waals surface area contributed by atoms with Gasteiger partial charge in [0.15, 0.2) is 6.10 Å². The molecule has 0 spiro atoms. The van der Waals surface area contributed by atoms with Crippen LogP contribution in [0.15, 0.2) is 24.3 Å². The van der Waals surface area contributed by atoms with Gasteiger partial charge < -0.3 is 15.6 Å². The second-order valence-electron chi connectivity index (χ2n) is 3.23. The van der Waals surface area contributed by atoms with Gasteiger partial charge in [0, 0.05) is 18.7 Å². The number of ether oxygens (including phenoxy) is 1. The van der Waals surface area contributed by atoms with Crippen LogP contribution in [0.4, 0.5) is 5.69 Å². The van der Waals surface area contributed by atoms with Gasteiger partial charge >= 0.3 is 5.97 Å². The molecule has 0 aliphatic rings. The monoisotopic (exact) mass is 209 g/mol. The summed E-state index contributed by atoms with van der Waals surface area (Å²) in [5, 5.41) is 8.88. The first-order valence-electron chi connectivity index (χ1n) is 4.82. The van der Waals surface area contributed by atoms with Crippen molar-refractivity contribution in [3.8, 4) is 0 Å². The van der Waals surface area contributed by atoms with E-state index in [1.54, 1.807) is 25.1 Å². The molecule has 4 nitrogen and oxygen atoms in total. The first kappa shape index (κ1) is 11.5. The fourth-order valence-electron chi connectivity index (χ4n) is 1.35. The van der Waals surface area contributed by atoms with Crippen molar-refractivity contribution in [2.75, 3.05) is 12.3 Å². The number of nitrogens with two attached hydrogens (primary N) is 1. The molecule has 1 atom stereocenters. The first-order valence-corrected chi connectivity index (χ1v) is 4.82. The summed E-state index contributed by atoms with van der Waals surface area (Å²) in [6.07, 6.45) is -0.453. The summed E-state index contributed by atoms with van der Waals surface area (Å²) in [6, 6.07) is 7.16. The standard InChI is InChI=1S/C11H15NO3/c1-2-15-10(11(13)14)7-8-4-3-5-9(12)6-8/h3-6,10H,2,7,12H2,1H3,(H,13,14). The Morgan fingerprint density at radius 1 is 1.60 bits per heavy atom. The van der Waals surface area contributed by atoms with E-state index < -0.39 is 12.1 Å². The van der Waals surface area contributed by atoms with E-state index in [4.69, 9.17) is 15.6 Å². The Morgan fingerprint density at radius 2 is 2.33 bits per heavy atom. The van der Waals surface area contributed by atoms with Crippen LogP contribution in [-0.4, -0.2) is 23.8 Å². The van der Waals surface area contributed by atoms with E-state index in [0.717, 1.165) is 5.56 Å². The molecule has 0 aliphatic carbocycles. The van der Waals surface area contributed by atoms with Gasteiger partial charge in [0.25, 0.3) is 0 Å². The minimum Gasteiger partial charge on any atom is -0.479 e. The maximum Gasteiger partial charge on any atom is 0.333 e. The van der Waals surface area contributed by atoms with E-state index in [2.05, 4.69) is 0 Å². The van der Waals surface area contributed by atoms with E-state index in [-0.39, 0.29) is 0 Å². The number of benzene rings is 1. The van der Waals surface area contributed by atoms with Crippen LogP contribution in [0.3, 0.4) is 0 Å². The summed E-state index contributed by atoms with van der Waals surface area (Å²) in [6.45, 7) is 2.16. The number of aliphatic carboxylic acids is 1. The first-order chi connectivity index (χ1) is 7.13. The molecule has 1 unspecified atom stereocenters. The van der Waals surface area contributed by atoms with Crippen molar-refractivity contribution in [3.63, 3.8) is 0 Å². The lowest BCUT2D eigenvalue weighted by Gasteiger charge is -2.12. The van der Waals surface area contributed by atoms with Crippen molar-refractivity contribution >= 4 is 11.7 Å². The predicted molar refractivity (Wildman–Crippen MR) is 57.6 cm³/mol. The molecule has 1 rings (SSSR count). The van der Waals surface area contributed by atoms with Gasteiger partial charge in [-0.3, -0.25) is 0 Å². The third kappa shape index (κ3) is 3.59. The zero-order valence-corrected chi connectivity index (χ0v) is 8.64. The van der Waals surface area contributed by atoms with Gasteiger partial charge in [0.2, 0.25) is 0 Å². The highest BCUT2D eigenvalue weighted by atomic mass is 16.5. The molecule has 0 radical (unpaired) electrons. The second-order valence-corrected chi connectivity index (χ2v) is 3.23. The summed E-state index contributed by atoms with van der Waals surface area (Å²) in [4.78, 5) is 10.8. The summed E-state index contributed by atoms with van der Waals surface area (Å²) >= 11 is 0. The number of carboxylic acids is 1. The molecule has 0 aliphatic heterocycles. The van der Waals surface area contributed by atoms with Crippen LogP contribution in [0, 0.1) is 0 Å². The molecule has 0 saturated carbocycles. The zero-order valence-electron chi connectivity index (χ0n) is 8.64. The van der Waals surface area contributed by atoms with Gasteiger partial charge in [0.05, 0.1) is 0 Å². The number of carbonyl (C=O) groups is 1. The summed E-state index contributed by atoms with van der Waals surface area (Å²) in [5.41, 5.74) is 7.10. The van der Waals surface area contributed by atoms with E-state index in [1.807, 2.05) is 6.07 Å². The minimum atomic E-state index is -0.945. The predicted octanol–water partition coefficient (Wildman–Crippen LogP) is 1.30. The van der Waals surface area contributed by atoms with Crippen LogP contribution < -0.4 is 5.73 Å². The molecule has 0 fully saturated rings. The highest BCUT2D eigenvalue weighted by molar-refractivity contribution is 5.72. The summed E-state index contributed by atoms with van der Waals surface area (Å²) < 4.78 is 5.11. The van der Waals surface area contributed by atoms with Crippen LogP contribution in [-0.2, 0) is 16.0 Å². The van der Waals surface area contributed by atoms with Crippen molar-refractivity contribution in [2.45, 2.75) is 19.4 Å². The van der Waals surface area contributed by atoms with Crippen molar-refractivity contribution in [3.05, 3.63) is 29.8 Å². The van der Waals surface area contributed by atoms with Gasteiger partial charge in [0.1, 0.15) is 0 Å². The van der Waals surface area contributed by atoms with Crippen molar-refractivity contribution in [2.24, 2.45) is 0 Å². The number of carboxylic acid groups (broad SMARTS) is 1. The van der Waals surface area contributed by atoms with Crippen LogP contribution in [0.1, 0.15) is 12.5 Å². The second kappa shape index (κ2) is 5.36. The van der Waals surface area contributed by atoms with Crippen LogP contribution >= 0.6 is 0 Å². The molecule has 3 N–H and O–H groups in total. The third-order valence-electron chi connectivity index (χ3n) is 2.02. The van der Waals surface area contributed by atoms with E-state index >= 15 is 0 Å². The van der Waals surface area contributed by atoms with Gasteiger partial charge in [-0.1, -0.05) is 12.1 Å². The largest absolute Gasteiger partial charge is 0.479 e. The van der Waals surface area contributed by atoms with Crippen LogP contribution in [0.5, 0.6) is 0 Å². The molecule has 0 heterocycles. The Kier molecular flexibility index (Phi) is 4.12. The number of nitrogen functional groups attached to an aromatic ring is 1. The van der Waals surface area contributed by atoms with Gasteiger partial charge in [-0.15, -0.1) is 0 Å². The molecular weight excluding hydrogens is 194 g/mol. The molecule has 4 heteroatoms. The number of rotatable bonds is 5. The number of anilines is 1. The quantitative estimate of drug-likeness (QED) is 0.717. The number of hydrogen-bond donors (Lipinski definition) is 2. The molecule has 0 bridgehead atoms. The Labute approximate surface area is 88.7 Å². The van der Waals surface area contributed by atoms with E-state index in [9.17, 15) is 4.79 Å². The maximum atomic E-state index is 10.8. The minimum absolute atomic E-state index is 0.341. The Morgan fingerprint density at radius 3 is 2.87 bits per heavy atom. The highest BCUT2D eigenvalue weighted by Crippen LogP contribution is 2.10. The molecule has 15 heavy (non-hydrogen) atoms. The fourth-order valence-corrected chi connectivity index (χ4v) is 1.35. The fraction of sp³-hybridized carbons (Fsp3) is 0.364. The summed E-state index contributed by atoms with van der Waals surface area (Å²) in [5.74, 6) is -0.945. The lowest BCUT2D eigenvalue weighted by molar-refractivity contribution is -0.149. The molecule has 1 aromatic carbocycles. The lowest BCUT2D eigenvalue weighted by atomic mass is 10.1. The SMILES string of the molecule is CCOC(Cc1cccc(N)c1)C(=O)O. The highest BCUT2D eigenvalue weighted by Gasteiger charge is 2.17. The average molecular weight is 209 g/mol. The summed E-state index contributed by atoms with van der Waals surface area (Å²) in [7, 11) is 0. The molecule has 0 aromatic heterocycles. The molecule has 0 saturated heterocycles. The smallest absolute Gasteiger partial charge is 0.333 e. The Bertz CT molecular complexity index is 338. The van der Waals surface area contributed by atoms with Crippen LogP contribution in [0.2, 0.25) is 0 Å². The Balaban J connectivity index is 2.69. The Hall–Kier alpha value is -1.55. The normalized spacial score (nSPS) is 12.3. The molecule has 0 amide bonds. The molecule has 82 valence electrons. The van der Waals surface area contributed by atoms with Gasteiger partial charge in [-0.05, 0) is 24.6 Å². The molecular formula is C11H15NO3. The van der Waals surface area contributed by atoms with Gasteiger partial charge in [-0.25, -0.2) is 4.79 Å². The van der Waals surface area contributed by atoms with E-state index in [1.165, 1.54) is 0 Å². The third-order valence-corrected chi connectivity index (χ3v) is 2.02. The topological polar surface area (TPSA) is 72.5 Å². The van der Waals surface area contributed by atoms with Crippen molar-refractivity contribution < 1.29 is 14.6 Å². The van der Waals surface area contributed by atoms with Gasteiger partial charge in [-0.2, -0.15) is 0 Å².